The highest BCUT2D eigenvalue weighted by molar-refractivity contribution is 5.94. The van der Waals surface area contributed by atoms with Crippen LogP contribution in [0.15, 0.2) is 78.9 Å². The molecule has 0 radical (unpaired) electrons. The number of benzene rings is 3. The van der Waals surface area contributed by atoms with E-state index in [9.17, 15) is 9.59 Å². The molecule has 3 aromatic rings. The van der Waals surface area contributed by atoms with E-state index in [-0.39, 0.29) is 24.5 Å². The van der Waals surface area contributed by atoms with Crippen LogP contribution in [0, 0.1) is 0 Å². The molecule has 0 aliphatic heterocycles. The molecule has 0 atom stereocenters. The lowest BCUT2D eigenvalue weighted by Gasteiger charge is -2.27. The van der Waals surface area contributed by atoms with E-state index in [2.05, 4.69) is 5.32 Å². The smallest absolute Gasteiger partial charge is 0.262 e. The topological polar surface area (TPSA) is 67.9 Å². The molecule has 6 heteroatoms. The van der Waals surface area contributed by atoms with Gasteiger partial charge in [0.15, 0.2) is 6.61 Å². The minimum atomic E-state index is -0.285. The number of ether oxygens (including phenoxy) is 2. The van der Waals surface area contributed by atoms with E-state index in [0.29, 0.717) is 29.3 Å². The molecule has 32 heavy (non-hydrogen) atoms. The molecule has 0 saturated heterocycles. The number of carbonyl (C=O) groups excluding carboxylic acids is 2. The van der Waals surface area contributed by atoms with E-state index in [1.807, 2.05) is 49.1 Å². The molecule has 3 rings (SSSR count). The van der Waals surface area contributed by atoms with Crippen molar-refractivity contribution in [2.24, 2.45) is 0 Å². The van der Waals surface area contributed by atoms with Crippen LogP contribution in [0.1, 0.15) is 29.8 Å². The number of anilines is 1. The Hall–Kier alpha value is -3.80. The van der Waals surface area contributed by atoms with Gasteiger partial charge in [-0.1, -0.05) is 36.4 Å². The first-order valence-corrected chi connectivity index (χ1v) is 10.5. The summed E-state index contributed by atoms with van der Waals surface area (Å²) in [5, 5.41) is 2.76. The van der Waals surface area contributed by atoms with Gasteiger partial charge >= 0.3 is 0 Å². The molecule has 0 heterocycles. The molecule has 0 spiro atoms. The maximum absolute atomic E-state index is 13.0. The highest BCUT2D eigenvalue weighted by atomic mass is 16.5. The van der Waals surface area contributed by atoms with Gasteiger partial charge in [-0.2, -0.15) is 0 Å². The third kappa shape index (κ3) is 6.35. The molecule has 0 bridgehead atoms. The maximum atomic E-state index is 13.0. The predicted molar refractivity (Wildman–Crippen MR) is 125 cm³/mol. The van der Waals surface area contributed by atoms with Crippen molar-refractivity contribution >= 4 is 17.5 Å². The summed E-state index contributed by atoms with van der Waals surface area (Å²) in [7, 11) is 1.57. The van der Waals surface area contributed by atoms with Crippen molar-refractivity contribution in [3.05, 3.63) is 90.0 Å². The SMILES string of the molecule is COc1cccc(NC(=O)COc2ccc(C(=O)N(Cc3ccccc3)C(C)C)cc2)c1. The number of hydrogen-bond acceptors (Lipinski definition) is 4. The number of rotatable bonds is 9. The largest absolute Gasteiger partial charge is 0.497 e. The number of nitrogens with one attached hydrogen (secondary N) is 1. The zero-order valence-electron chi connectivity index (χ0n) is 18.6. The van der Waals surface area contributed by atoms with Gasteiger partial charge in [0.05, 0.1) is 7.11 Å². The van der Waals surface area contributed by atoms with Gasteiger partial charge in [0.2, 0.25) is 0 Å². The third-order valence-corrected chi connectivity index (χ3v) is 4.90. The third-order valence-electron chi connectivity index (χ3n) is 4.90. The fourth-order valence-corrected chi connectivity index (χ4v) is 3.18. The molecular weight excluding hydrogens is 404 g/mol. The van der Waals surface area contributed by atoms with Crippen LogP contribution in [0.2, 0.25) is 0 Å². The zero-order valence-corrected chi connectivity index (χ0v) is 18.6. The summed E-state index contributed by atoms with van der Waals surface area (Å²) in [5.74, 6) is 0.839. The van der Waals surface area contributed by atoms with Crippen LogP contribution in [0.4, 0.5) is 5.69 Å². The van der Waals surface area contributed by atoms with E-state index in [1.165, 1.54) is 0 Å². The number of carbonyl (C=O) groups is 2. The Balaban J connectivity index is 1.57. The van der Waals surface area contributed by atoms with Crippen molar-refractivity contribution in [2.45, 2.75) is 26.4 Å². The van der Waals surface area contributed by atoms with Gasteiger partial charge in [0, 0.05) is 29.9 Å². The summed E-state index contributed by atoms with van der Waals surface area (Å²) in [6.45, 7) is 4.40. The second kappa shape index (κ2) is 11.0. The summed E-state index contributed by atoms with van der Waals surface area (Å²) in [6, 6.07) is 23.9. The number of methoxy groups -OCH3 is 1. The molecule has 0 unspecified atom stereocenters. The molecule has 0 aromatic heterocycles. The molecule has 0 aliphatic carbocycles. The lowest BCUT2D eigenvalue weighted by molar-refractivity contribution is -0.118. The van der Waals surface area contributed by atoms with Gasteiger partial charge in [-0.15, -0.1) is 0 Å². The highest BCUT2D eigenvalue weighted by Gasteiger charge is 2.19. The first-order chi connectivity index (χ1) is 15.5. The Bertz CT molecular complexity index is 1030. The fourth-order valence-electron chi connectivity index (χ4n) is 3.18. The summed E-state index contributed by atoms with van der Waals surface area (Å²) in [5.41, 5.74) is 2.28. The molecule has 1 N–H and O–H groups in total. The van der Waals surface area contributed by atoms with Crippen LogP contribution < -0.4 is 14.8 Å². The van der Waals surface area contributed by atoms with Gasteiger partial charge in [-0.05, 0) is 55.8 Å². The lowest BCUT2D eigenvalue weighted by Crippen LogP contribution is -2.36. The van der Waals surface area contributed by atoms with Crippen molar-refractivity contribution in [3.8, 4) is 11.5 Å². The molecule has 3 aromatic carbocycles. The van der Waals surface area contributed by atoms with E-state index in [0.717, 1.165) is 5.56 Å². The molecular formula is C26H28N2O4. The Morgan fingerprint density at radius 2 is 1.62 bits per heavy atom. The first-order valence-electron chi connectivity index (χ1n) is 10.5. The monoisotopic (exact) mass is 432 g/mol. The molecule has 2 amide bonds. The quantitative estimate of drug-likeness (QED) is 0.529. The molecule has 0 fully saturated rings. The van der Waals surface area contributed by atoms with Crippen molar-refractivity contribution in [1.29, 1.82) is 0 Å². The van der Waals surface area contributed by atoms with Gasteiger partial charge in [0.1, 0.15) is 11.5 Å². The van der Waals surface area contributed by atoms with Gasteiger partial charge in [-0.3, -0.25) is 9.59 Å². The Labute approximate surface area is 188 Å². The van der Waals surface area contributed by atoms with Crippen LogP contribution in [0.5, 0.6) is 11.5 Å². The summed E-state index contributed by atoms with van der Waals surface area (Å²) >= 11 is 0. The normalized spacial score (nSPS) is 10.5. The summed E-state index contributed by atoms with van der Waals surface area (Å²) in [4.78, 5) is 27.0. The standard InChI is InChI=1S/C26H28N2O4/c1-19(2)28(17-20-8-5-4-6-9-20)26(30)21-12-14-23(15-13-21)32-18-25(29)27-22-10-7-11-24(16-22)31-3/h4-16,19H,17-18H2,1-3H3,(H,27,29). The zero-order chi connectivity index (χ0) is 22.9. The Kier molecular flexibility index (Phi) is 7.86. The lowest BCUT2D eigenvalue weighted by atomic mass is 10.1. The average molecular weight is 433 g/mol. The molecule has 166 valence electrons. The minimum Gasteiger partial charge on any atom is -0.497 e. The second-order valence-electron chi connectivity index (χ2n) is 7.61. The van der Waals surface area contributed by atoms with Crippen LogP contribution in [-0.2, 0) is 11.3 Å². The van der Waals surface area contributed by atoms with Crippen LogP contribution in [0.3, 0.4) is 0 Å². The average Bonchev–Trinajstić information content (AvgIpc) is 2.81. The van der Waals surface area contributed by atoms with Gasteiger partial charge < -0.3 is 19.7 Å². The predicted octanol–water partition coefficient (Wildman–Crippen LogP) is 4.76. The number of nitrogens with zero attached hydrogens (tertiary/aromatic N) is 1. The maximum Gasteiger partial charge on any atom is 0.262 e. The first kappa shape index (κ1) is 22.9. The van der Waals surface area contributed by atoms with Crippen molar-refractivity contribution in [1.82, 2.24) is 4.90 Å². The van der Waals surface area contributed by atoms with Gasteiger partial charge in [-0.25, -0.2) is 0 Å². The van der Waals surface area contributed by atoms with E-state index in [4.69, 9.17) is 9.47 Å². The number of amides is 2. The minimum absolute atomic E-state index is 0.0498. The summed E-state index contributed by atoms with van der Waals surface area (Å²) < 4.78 is 10.7. The molecule has 0 aliphatic rings. The van der Waals surface area contributed by atoms with Gasteiger partial charge in [0.25, 0.3) is 11.8 Å². The van der Waals surface area contributed by atoms with Crippen molar-refractivity contribution < 1.29 is 19.1 Å². The molecule has 0 saturated carbocycles. The Morgan fingerprint density at radius 3 is 2.28 bits per heavy atom. The van der Waals surface area contributed by atoms with E-state index in [1.54, 1.807) is 55.6 Å². The van der Waals surface area contributed by atoms with Crippen molar-refractivity contribution in [3.63, 3.8) is 0 Å². The van der Waals surface area contributed by atoms with Crippen LogP contribution in [-0.4, -0.2) is 36.5 Å². The highest BCUT2D eigenvalue weighted by Crippen LogP contribution is 2.18. The number of hydrogen-bond donors (Lipinski definition) is 1. The van der Waals surface area contributed by atoms with E-state index < -0.39 is 0 Å². The van der Waals surface area contributed by atoms with E-state index >= 15 is 0 Å². The van der Waals surface area contributed by atoms with Crippen molar-refractivity contribution in [2.75, 3.05) is 19.0 Å². The fraction of sp³-hybridized carbons (Fsp3) is 0.231. The molecule has 6 nitrogen and oxygen atoms in total. The van der Waals surface area contributed by atoms with Crippen LogP contribution >= 0.6 is 0 Å². The summed E-state index contributed by atoms with van der Waals surface area (Å²) in [6.07, 6.45) is 0. The Morgan fingerprint density at radius 1 is 0.906 bits per heavy atom. The second-order valence-corrected chi connectivity index (χ2v) is 7.61. The van der Waals surface area contributed by atoms with Crippen LogP contribution in [0.25, 0.3) is 0 Å².